The topological polar surface area (TPSA) is 50.9 Å². The molecule has 1 heterocycles. The van der Waals surface area contributed by atoms with Gasteiger partial charge >= 0.3 is 0 Å². The average molecular weight is 320 g/mol. The predicted molar refractivity (Wildman–Crippen MR) is 82.7 cm³/mol. The van der Waals surface area contributed by atoms with Crippen LogP contribution < -0.4 is 0 Å². The van der Waals surface area contributed by atoms with Gasteiger partial charge in [-0.05, 0) is 30.3 Å². The number of hydrogen-bond acceptors (Lipinski definition) is 3. The van der Waals surface area contributed by atoms with Crippen LogP contribution in [0.25, 0.3) is 17.1 Å². The minimum atomic E-state index is -0.212. The molecule has 0 aliphatic rings. The fourth-order valence-corrected chi connectivity index (χ4v) is 2.66. The zero-order chi connectivity index (χ0) is 14.8. The number of aliphatic hydroxyl groups is 1. The Morgan fingerprint density at radius 1 is 0.952 bits per heavy atom. The maximum atomic E-state index is 9.47. The van der Waals surface area contributed by atoms with Crippen molar-refractivity contribution in [3.8, 4) is 17.1 Å². The number of hydrogen-bond donors (Lipinski definition) is 1. The lowest BCUT2D eigenvalue weighted by molar-refractivity contribution is 0.269. The van der Waals surface area contributed by atoms with E-state index >= 15 is 0 Å². The van der Waals surface area contributed by atoms with Crippen LogP contribution in [-0.2, 0) is 6.61 Å². The molecule has 0 saturated heterocycles. The first-order chi connectivity index (χ1) is 10.2. The molecule has 0 radical (unpaired) electrons. The van der Waals surface area contributed by atoms with Crippen LogP contribution in [0, 0.1) is 0 Å². The maximum absolute atomic E-state index is 9.47. The molecule has 21 heavy (non-hydrogen) atoms. The number of para-hydroxylation sites is 1. The largest absolute Gasteiger partial charge is 0.388 e. The highest BCUT2D eigenvalue weighted by Crippen LogP contribution is 2.28. The van der Waals surface area contributed by atoms with Crippen LogP contribution in [0.3, 0.4) is 0 Å². The van der Waals surface area contributed by atoms with E-state index in [0.717, 1.165) is 11.3 Å². The maximum Gasteiger partial charge on any atom is 0.168 e. The SMILES string of the molecule is OCc1nnc(-c2cc(Cl)cc(Cl)c2)n1-c1ccccc1. The summed E-state index contributed by atoms with van der Waals surface area (Å²) in [7, 11) is 0. The molecule has 0 amide bonds. The highest BCUT2D eigenvalue weighted by Gasteiger charge is 2.15. The fraction of sp³-hybridized carbons (Fsp3) is 0.0667. The first-order valence-electron chi connectivity index (χ1n) is 6.26. The lowest BCUT2D eigenvalue weighted by atomic mass is 10.2. The van der Waals surface area contributed by atoms with Crippen molar-refractivity contribution in [1.82, 2.24) is 14.8 Å². The van der Waals surface area contributed by atoms with Crippen LogP contribution in [0.2, 0.25) is 10.0 Å². The fourth-order valence-electron chi connectivity index (χ4n) is 2.14. The number of aliphatic hydroxyl groups excluding tert-OH is 1. The number of aromatic nitrogens is 3. The molecular formula is C15H11Cl2N3O. The zero-order valence-corrected chi connectivity index (χ0v) is 12.4. The van der Waals surface area contributed by atoms with Gasteiger partial charge in [-0.1, -0.05) is 41.4 Å². The molecule has 4 nitrogen and oxygen atoms in total. The standard InChI is InChI=1S/C15H11Cl2N3O/c16-11-6-10(7-12(17)8-11)15-19-18-14(9-21)20(15)13-4-2-1-3-5-13/h1-8,21H,9H2. The van der Waals surface area contributed by atoms with Crippen molar-refractivity contribution in [2.75, 3.05) is 0 Å². The Balaban J connectivity index is 2.22. The molecule has 0 bridgehead atoms. The van der Waals surface area contributed by atoms with Crippen molar-refractivity contribution >= 4 is 23.2 Å². The Bertz CT molecular complexity index is 752. The number of halogens is 2. The lowest BCUT2D eigenvalue weighted by Crippen LogP contribution is -2.03. The first kappa shape index (κ1) is 14.1. The number of nitrogens with zero attached hydrogens (tertiary/aromatic N) is 3. The van der Waals surface area contributed by atoms with Crippen molar-refractivity contribution in [2.24, 2.45) is 0 Å². The van der Waals surface area contributed by atoms with Gasteiger partial charge in [0.05, 0.1) is 0 Å². The molecule has 0 aliphatic carbocycles. The van der Waals surface area contributed by atoms with Gasteiger partial charge in [0.15, 0.2) is 11.6 Å². The molecule has 1 N–H and O–H groups in total. The summed E-state index contributed by atoms with van der Waals surface area (Å²) in [5.74, 6) is 1.03. The van der Waals surface area contributed by atoms with Crippen molar-refractivity contribution in [3.63, 3.8) is 0 Å². The van der Waals surface area contributed by atoms with Gasteiger partial charge in [0.1, 0.15) is 6.61 Å². The quantitative estimate of drug-likeness (QED) is 0.800. The van der Waals surface area contributed by atoms with Crippen molar-refractivity contribution in [2.45, 2.75) is 6.61 Å². The van der Waals surface area contributed by atoms with Crippen LogP contribution in [0.5, 0.6) is 0 Å². The van der Waals surface area contributed by atoms with Crippen LogP contribution in [0.15, 0.2) is 48.5 Å². The van der Waals surface area contributed by atoms with Gasteiger partial charge in [-0.2, -0.15) is 0 Å². The minimum Gasteiger partial charge on any atom is -0.388 e. The van der Waals surface area contributed by atoms with E-state index in [-0.39, 0.29) is 6.61 Å². The molecule has 2 aromatic carbocycles. The molecule has 106 valence electrons. The van der Waals surface area contributed by atoms with E-state index in [9.17, 15) is 5.11 Å². The Morgan fingerprint density at radius 2 is 1.62 bits per heavy atom. The van der Waals surface area contributed by atoms with E-state index in [1.54, 1.807) is 22.8 Å². The second-order valence-corrected chi connectivity index (χ2v) is 5.30. The van der Waals surface area contributed by atoms with Gasteiger partial charge in [-0.15, -0.1) is 10.2 Å². The molecule has 3 rings (SSSR count). The summed E-state index contributed by atoms with van der Waals surface area (Å²) < 4.78 is 1.78. The molecule has 0 aliphatic heterocycles. The second-order valence-electron chi connectivity index (χ2n) is 4.43. The average Bonchev–Trinajstić information content (AvgIpc) is 2.91. The first-order valence-corrected chi connectivity index (χ1v) is 7.01. The molecule has 0 unspecified atom stereocenters. The van der Waals surface area contributed by atoms with E-state index in [1.807, 2.05) is 30.3 Å². The third-order valence-corrected chi connectivity index (χ3v) is 3.44. The molecule has 3 aromatic rings. The second kappa shape index (κ2) is 5.85. The summed E-state index contributed by atoms with van der Waals surface area (Å²) >= 11 is 12.1. The summed E-state index contributed by atoms with van der Waals surface area (Å²) in [5.41, 5.74) is 1.60. The third-order valence-electron chi connectivity index (χ3n) is 3.01. The molecular weight excluding hydrogens is 309 g/mol. The van der Waals surface area contributed by atoms with E-state index < -0.39 is 0 Å². The van der Waals surface area contributed by atoms with Crippen molar-refractivity contribution < 1.29 is 5.11 Å². The molecule has 0 atom stereocenters. The predicted octanol–water partition coefficient (Wildman–Crippen LogP) is 3.73. The molecule has 6 heteroatoms. The summed E-state index contributed by atoms with van der Waals surface area (Å²) in [4.78, 5) is 0. The van der Waals surface area contributed by atoms with Gasteiger partial charge in [0, 0.05) is 21.3 Å². The van der Waals surface area contributed by atoms with Gasteiger partial charge in [-0.3, -0.25) is 4.57 Å². The van der Waals surface area contributed by atoms with Crippen molar-refractivity contribution in [3.05, 3.63) is 64.4 Å². The normalized spacial score (nSPS) is 10.8. The van der Waals surface area contributed by atoms with Gasteiger partial charge in [-0.25, -0.2) is 0 Å². The van der Waals surface area contributed by atoms with Crippen LogP contribution >= 0.6 is 23.2 Å². The minimum absolute atomic E-state index is 0.212. The molecule has 0 saturated carbocycles. The Morgan fingerprint density at radius 3 is 2.24 bits per heavy atom. The van der Waals surface area contributed by atoms with E-state index in [4.69, 9.17) is 23.2 Å². The van der Waals surface area contributed by atoms with Gasteiger partial charge in [0.2, 0.25) is 0 Å². The highest BCUT2D eigenvalue weighted by molar-refractivity contribution is 6.35. The summed E-state index contributed by atoms with van der Waals surface area (Å²) in [6, 6.07) is 14.7. The highest BCUT2D eigenvalue weighted by atomic mass is 35.5. The Hall–Kier alpha value is -1.88. The van der Waals surface area contributed by atoms with Crippen molar-refractivity contribution in [1.29, 1.82) is 0 Å². The van der Waals surface area contributed by atoms with Crippen LogP contribution in [-0.4, -0.2) is 19.9 Å². The smallest absolute Gasteiger partial charge is 0.168 e. The molecule has 0 fully saturated rings. The molecule has 0 spiro atoms. The Labute approximate surface area is 131 Å². The summed E-state index contributed by atoms with van der Waals surface area (Å²) in [5, 5.41) is 18.7. The van der Waals surface area contributed by atoms with Gasteiger partial charge < -0.3 is 5.11 Å². The monoisotopic (exact) mass is 319 g/mol. The third kappa shape index (κ3) is 2.78. The summed E-state index contributed by atoms with van der Waals surface area (Å²) in [6.45, 7) is -0.212. The number of benzene rings is 2. The van der Waals surface area contributed by atoms with E-state index in [0.29, 0.717) is 21.7 Å². The van der Waals surface area contributed by atoms with Gasteiger partial charge in [0.25, 0.3) is 0 Å². The van der Waals surface area contributed by atoms with E-state index in [2.05, 4.69) is 10.2 Å². The van der Waals surface area contributed by atoms with E-state index in [1.165, 1.54) is 0 Å². The molecule has 1 aromatic heterocycles. The lowest BCUT2D eigenvalue weighted by Gasteiger charge is -2.10. The van der Waals surface area contributed by atoms with Crippen LogP contribution in [0.4, 0.5) is 0 Å². The van der Waals surface area contributed by atoms with Crippen LogP contribution in [0.1, 0.15) is 5.82 Å². The Kier molecular flexibility index (Phi) is 3.92. The number of rotatable bonds is 3. The zero-order valence-electron chi connectivity index (χ0n) is 10.9. The summed E-state index contributed by atoms with van der Waals surface area (Å²) in [6.07, 6.45) is 0.